The van der Waals surface area contributed by atoms with E-state index in [9.17, 15) is 19.8 Å². The SMILES string of the molecule is C=C(C)c1ccccc1.CCCN(CCC)C1(C(=O)O)C=CC=C(C(=O)O)C1C. The van der Waals surface area contributed by atoms with E-state index in [2.05, 4.69) is 18.7 Å². The molecule has 0 saturated heterocycles. The number of rotatable bonds is 8. The fourth-order valence-corrected chi connectivity index (χ4v) is 3.60. The van der Waals surface area contributed by atoms with Gasteiger partial charge in [-0.15, -0.1) is 0 Å². The molecule has 0 heterocycles. The molecule has 158 valence electrons. The Morgan fingerprint density at radius 1 is 1.10 bits per heavy atom. The van der Waals surface area contributed by atoms with Gasteiger partial charge in [-0.1, -0.05) is 81.5 Å². The molecule has 2 unspecified atom stereocenters. The second kappa shape index (κ2) is 11.4. The monoisotopic (exact) mass is 399 g/mol. The molecule has 2 atom stereocenters. The summed E-state index contributed by atoms with van der Waals surface area (Å²) in [6, 6.07) is 10.2. The third-order valence-corrected chi connectivity index (χ3v) is 5.12. The lowest BCUT2D eigenvalue weighted by molar-refractivity contribution is -0.151. The molecule has 29 heavy (non-hydrogen) atoms. The number of hydrogen-bond donors (Lipinski definition) is 2. The standard InChI is InChI=1S/C15H23NO4.C9H10/c1-4-9-16(10-5-2)15(14(19)20)8-6-7-12(11(15)3)13(17)18;1-8(2)9-6-4-3-5-7-9/h6-8,11H,4-5,9-10H2,1-3H3,(H,17,18)(H,19,20);3-7H,1H2,2H3. The molecule has 0 bridgehead atoms. The lowest BCUT2D eigenvalue weighted by Gasteiger charge is -2.44. The molecule has 5 nitrogen and oxygen atoms in total. The number of carbonyl (C=O) groups is 2. The van der Waals surface area contributed by atoms with Crippen LogP contribution in [0.2, 0.25) is 0 Å². The van der Waals surface area contributed by atoms with E-state index in [0.717, 1.165) is 18.4 Å². The molecular weight excluding hydrogens is 366 g/mol. The van der Waals surface area contributed by atoms with Crippen LogP contribution in [0.25, 0.3) is 5.57 Å². The molecule has 5 heteroatoms. The smallest absolute Gasteiger partial charge is 0.331 e. The van der Waals surface area contributed by atoms with E-state index in [1.54, 1.807) is 19.1 Å². The molecule has 0 aromatic heterocycles. The van der Waals surface area contributed by atoms with Crippen LogP contribution in [0, 0.1) is 5.92 Å². The van der Waals surface area contributed by atoms with Crippen molar-refractivity contribution in [1.82, 2.24) is 4.90 Å². The molecule has 1 aliphatic carbocycles. The third kappa shape index (κ3) is 5.91. The number of aliphatic carboxylic acids is 2. The zero-order chi connectivity index (χ0) is 22.0. The van der Waals surface area contributed by atoms with Crippen LogP contribution in [0.4, 0.5) is 0 Å². The van der Waals surface area contributed by atoms with Gasteiger partial charge in [0.15, 0.2) is 0 Å². The highest BCUT2D eigenvalue weighted by Crippen LogP contribution is 2.36. The summed E-state index contributed by atoms with van der Waals surface area (Å²) >= 11 is 0. The van der Waals surface area contributed by atoms with Gasteiger partial charge in [-0.05, 0) is 38.4 Å². The maximum Gasteiger partial charge on any atom is 0.331 e. The Morgan fingerprint density at radius 3 is 2.03 bits per heavy atom. The topological polar surface area (TPSA) is 77.8 Å². The van der Waals surface area contributed by atoms with Gasteiger partial charge in [0.1, 0.15) is 5.54 Å². The molecule has 1 aliphatic rings. The Balaban J connectivity index is 0.000000387. The first-order chi connectivity index (χ1) is 13.7. The number of nitrogens with zero attached hydrogens (tertiary/aromatic N) is 1. The first-order valence-corrected chi connectivity index (χ1v) is 10.0. The Hall–Kier alpha value is -2.66. The molecule has 2 N–H and O–H groups in total. The van der Waals surface area contributed by atoms with Gasteiger partial charge in [0, 0.05) is 11.5 Å². The molecular formula is C24H33NO4. The summed E-state index contributed by atoms with van der Waals surface area (Å²) < 4.78 is 0. The summed E-state index contributed by atoms with van der Waals surface area (Å²) in [6.07, 6.45) is 6.31. The van der Waals surface area contributed by atoms with Crippen molar-refractivity contribution in [1.29, 1.82) is 0 Å². The van der Waals surface area contributed by atoms with Gasteiger partial charge in [-0.3, -0.25) is 4.90 Å². The van der Waals surface area contributed by atoms with E-state index in [1.807, 2.05) is 43.9 Å². The zero-order valence-electron chi connectivity index (χ0n) is 17.9. The predicted molar refractivity (Wildman–Crippen MR) is 118 cm³/mol. The number of carboxylic acid groups (broad SMARTS) is 2. The van der Waals surface area contributed by atoms with Crippen molar-refractivity contribution in [3.05, 3.63) is 66.3 Å². The van der Waals surface area contributed by atoms with Crippen molar-refractivity contribution in [2.24, 2.45) is 5.92 Å². The van der Waals surface area contributed by atoms with Gasteiger partial charge in [0.25, 0.3) is 0 Å². The summed E-state index contributed by atoms with van der Waals surface area (Å²) in [5.74, 6) is -2.64. The summed E-state index contributed by atoms with van der Waals surface area (Å²) in [5.41, 5.74) is 1.22. The van der Waals surface area contributed by atoms with E-state index in [1.165, 1.54) is 11.6 Å². The molecule has 0 aliphatic heterocycles. The van der Waals surface area contributed by atoms with E-state index in [4.69, 9.17) is 0 Å². The predicted octanol–water partition coefficient (Wildman–Crippen LogP) is 4.87. The molecule has 0 spiro atoms. The fraction of sp³-hybridized carbons (Fsp3) is 0.417. The normalized spacial score (nSPS) is 20.4. The second-order valence-corrected chi connectivity index (χ2v) is 7.27. The first-order valence-electron chi connectivity index (χ1n) is 10.0. The van der Waals surface area contributed by atoms with Crippen LogP contribution in [0.3, 0.4) is 0 Å². The third-order valence-electron chi connectivity index (χ3n) is 5.12. The van der Waals surface area contributed by atoms with Crippen LogP contribution in [-0.2, 0) is 9.59 Å². The van der Waals surface area contributed by atoms with Crippen molar-refractivity contribution < 1.29 is 19.8 Å². The van der Waals surface area contributed by atoms with Gasteiger partial charge in [0.2, 0.25) is 0 Å². The van der Waals surface area contributed by atoms with E-state index < -0.39 is 23.4 Å². The Kier molecular flexibility index (Phi) is 9.56. The molecule has 0 fully saturated rings. The summed E-state index contributed by atoms with van der Waals surface area (Å²) in [7, 11) is 0. The Labute approximate surface area is 174 Å². The van der Waals surface area contributed by atoms with Crippen molar-refractivity contribution >= 4 is 17.5 Å². The largest absolute Gasteiger partial charge is 0.480 e. The van der Waals surface area contributed by atoms with Crippen LogP contribution in [0.1, 0.15) is 46.1 Å². The summed E-state index contributed by atoms with van der Waals surface area (Å²) in [4.78, 5) is 25.1. The van der Waals surface area contributed by atoms with Gasteiger partial charge in [-0.2, -0.15) is 0 Å². The fourth-order valence-electron chi connectivity index (χ4n) is 3.60. The Bertz CT molecular complexity index is 760. The Morgan fingerprint density at radius 2 is 1.66 bits per heavy atom. The maximum atomic E-state index is 11.9. The van der Waals surface area contributed by atoms with E-state index in [-0.39, 0.29) is 5.57 Å². The molecule has 0 amide bonds. The highest BCUT2D eigenvalue weighted by Gasteiger charge is 2.49. The lowest BCUT2D eigenvalue weighted by atomic mass is 9.75. The van der Waals surface area contributed by atoms with Gasteiger partial charge < -0.3 is 10.2 Å². The summed E-state index contributed by atoms with van der Waals surface area (Å²) in [6.45, 7) is 12.7. The average molecular weight is 400 g/mol. The van der Waals surface area contributed by atoms with Crippen LogP contribution in [-0.4, -0.2) is 45.7 Å². The van der Waals surface area contributed by atoms with Crippen LogP contribution in [0.15, 0.2) is 60.7 Å². The highest BCUT2D eigenvalue weighted by molar-refractivity contribution is 5.92. The molecule has 0 radical (unpaired) electrons. The van der Waals surface area contributed by atoms with Crippen LogP contribution in [0.5, 0.6) is 0 Å². The maximum absolute atomic E-state index is 11.9. The van der Waals surface area contributed by atoms with Crippen molar-refractivity contribution in [2.45, 2.75) is 46.1 Å². The van der Waals surface area contributed by atoms with E-state index in [0.29, 0.717) is 13.1 Å². The van der Waals surface area contributed by atoms with E-state index >= 15 is 0 Å². The quantitative estimate of drug-likeness (QED) is 0.652. The number of benzene rings is 1. The first kappa shape index (κ1) is 24.4. The zero-order valence-corrected chi connectivity index (χ0v) is 17.9. The summed E-state index contributed by atoms with van der Waals surface area (Å²) in [5, 5.41) is 19.0. The number of carboxylic acids is 2. The van der Waals surface area contributed by atoms with Gasteiger partial charge >= 0.3 is 11.9 Å². The van der Waals surface area contributed by atoms with Crippen molar-refractivity contribution in [3.63, 3.8) is 0 Å². The van der Waals surface area contributed by atoms with Gasteiger partial charge in [-0.25, -0.2) is 9.59 Å². The lowest BCUT2D eigenvalue weighted by Crippen LogP contribution is -2.59. The van der Waals surface area contributed by atoms with Crippen LogP contribution >= 0.6 is 0 Å². The number of hydrogen-bond acceptors (Lipinski definition) is 3. The molecule has 1 aromatic rings. The minimum absolute atomic E-state index is 0.145. The van der Waals surface area contributed by atoms with Gasteiger partial charge in [0.05, 0.1) is 0 Å². The molecule has 1 aromatic carbocycles. The molecule has 0 saturated carbocycles. The average Bonchev–Trinajstić information content (AvgIpc) is 2.69. The highest BCUT2D eigenvalue weighted by atomic mass is 16.4. The number of allylic oxidation sites excluding steroid dienone is 3. The molecule has 2 rings (SSSR count). The van der Waals surface area contributed by atoms with Crippen molar-refractivity contribution in [3.8, 4) is 0 Å². The van der Waals surface area contributed by atoms with Crippen LogP contribution < -0.4 is 0 Å². The minimum atomic E-state index is -1.27. The minimum Gasteiger partial charge on any atom is -0.480 e. The van der Waals surface area contributed by atoms with Crippen molar-refractivity contribution in [2.75, 3.05) is 13.1 Å². The second-order valence-electron chi connectivity index (χ2n) is 7.27.